The van der Waals surface area contributed by atoms with Crippen molar-refractivity contribution in [2.75, 3.05) is 18.4 Å². The quantitative estimate of drug-likeness (QED) is 0.414. The van der Waals surface area contributed by atoms with Crippen molar-refractivity contribution in [3.05, 3.63) is 46.7 Å². The summed E-state index contributed by atoms with van der Waals surface area (Å²) >= 11 is 0. The van der Waals surface area contributed by atoms with E-state index >= 15 is 0 Å². The van der Waals surface area contributed by atoms with E-state index in [-0.39, 0.29) is 11.3 Å². The number of nitrogens with one attached hydrogen (secondary N) is 2. The second kappa shape index (κ2) is 4.26. The maximum atomic E-state index is 12.0. The van der Waals surface area contributed by atoms with Gasteiger partial charge in [-0.15, -0.1) is 0 Å². The second-order valence-corrected chi connectivity index (χ2v) is 7.28. The van der Waals surface area contributed by atoms with E-state index in [4.69, 9.17) is 0 Å². The number of phenolic OH excluding ortho intramolecular Hbond substituents is 1. The van der Waals surface area contributed by atoms with Gasteiger partial charge in [0.25, 0.3) is 0 Å². The minimum atomic E-state index is -0.102. The Morgan fingerprint density at radius 3 is 3.09 bits per heavy atom. The third-order valence-electron chi connectivity index (χ3n) is 6.66. The van der Waals surface area contributed by atoms with Crippen LogP contribution in [0, 0.1) is 5.92 Å². The number of allylic oxidation sites excluding steroid dienone is 2. The lowest BCUT2D eigenvalue weighted by Crippen LogP contribution is -3.16. The molecule has 1 spiro atoms. The average molecular weight is 309 g/mol. The van der Waals surface area contributed by atoms with Crippen molar-refractivity contribution >= 4 is 12.0 Å². The van der Waals surface area contributed by atoms with Gasteiger partial charge in [-0.1, -0.05) is 18.2 Å². The first-order valence-corrected chi connectivity index (χ1v) is 8.49. The minimum absolute atomic E-state index is 0.102. The van der Waals surface area contributed by atoms with Gasteiger partial charge in [-0.25, -0.2) is 0 Å². The van der Waals surface area contributed by atoms with Crippen molar-refractivity contribution in [1.29, 1.82) is 0 Å². The zero-order chi connectivity index (χ0) is 15.8. The molecule has 4 heteroatoms. The molecule has 2 fully saturated rings. The molecule has 3 N–H and O–H groups in total. The van der Waals surface area contributed by atoms with Gasteiger partial charge in [0, 0.05) is 30.0 Å². The molecular formula is C19H21N2O2+. The van der Waals surface area contributed by atoms with Crippen LogP contribution in [-0.4, -0.2) is 30.5 Å². The fourth-order valence-corrected chi connectivity index (χ4v) is 5.72. The van der Waals surface area contributed by atoms with Crippen LogP contribution in [0.25, 0.3) is 0 Å². The molecule has 1 aromatic carbocycles. The predicted octanol–water partition coefficient (Wildman–Crippen LogP) is 1.15. The number of fused-ring (bicyclic) bond motifs is 2. The van der Waals surface area contributed by atoms with E-state index in [0.29, 0.717) is 11.8 Å². The first-order valence-electron chi connectivity index (χ1n) is 8.49. The molecule has 4 aliphatic rings. The summed E-state index contributed by atoms with van der Waals surface area (Å²) in [6.45, 7) is 4.26. The molecule has 4 nitrogen and oxygen atoms in total. The van der Waals surface area contributed by atoms with Crippen LogP contribution in [0.1, 0.15) is 25.3 Å². The Labute approximate surface area is 135 Å². The summed E-state index contributed by atoms with van der Waals surface area (Å²) in [5, 5.41) is 13.8. The highest BCUT2D eigenvalue weighted by atomic mass is 16.3. The zero-order valence-corrected chi connectivity index (χ0v) is 13.2. The van der Waals surface area contributed by atoms with E-state index < -0.39 is 0 Å². The summed E-state index contributed by atoms with van der Waals surface area (Å²) in [7, 11) is 0. The van der Waals surface area contributed by atoms with Crippen LogP contribution >= 0.6 is 0 Å². The number of quaternary nitrogens is 1. The molecule has 0 saturated carbocycles. The summed E-state index contributed by atoms with van der Waals surface area (Å²) in [5.41, 5.74) is 5.27. The number of carbonyl (C=O) groups is 1. The van der Waals surface area contributed by atoms with Crippen molar-refractivity contribution in [3.8, 4) is 5.75 Å². The van der Waals surface area contributed by atoms with Crippen molar-refractivity contribution in [1.82, 2.24) is 0 Å². The average Bonchev–Trinajstić information content (AvgIpc) is 3.12. The van der Waals surface area contributed by atoms with E-state index in [1.165, 1.54) is 11.1 Å². The largest absolute Gasteiger partial charge is 0.506 e. The van der Waals surface area contributed by atoms with Gasteiger partial charge in [0.2, 0.25) is 0 Å². The summed E-state index contributed by atoms with van der Waals surface area (Å²) in [6.07, 6.45) is 5.35. The Kier molecular flexibility index (Phi) is 2.48. The van der Waals surface area contributed by atoms with Crippen LogP contribution in [0.2, 0.25) is 0 Å². The van der Waals surface area contributed by atoms with E-state index in [1.54, 1.807) is 11.0 Å². The molecule has 3 heterocycles. The Hall–Kier alpha value is -2.07. The number of aromatic hydroxyl groups is 1. The van der Waals surface area contributed by atoms with Gasteiger partial charge in [0.1, 0.15) is 18.1 Å². The Morgan fingerprint density at radius 1 is 1.43 bits per heavy atom. The highest BCUT2D eigenvalue weighted by Crippen LogP contribution is 2.58. The second-order valence-electron chi connectivity index (χ2n) is 7.28. The maximum absolute atomic E-state index is 12.0. The third-order valence-corrected chi connectivity index (χ3v) is 6.66. The number of aldehydes is 1. The molecule has 4 atom stereocenters. The predicted molar refractivity (Wildman–Crippen MR) is 87.5 cm³/mol. The standard InChI is InChI=1S/C19H20N2O2/c1-2-11-9-21-7-6-19-14-4-3-5-15(23)17(14)20-18(19)13(10-22)12(11)8-16(19)21/h2-5,10,12,16,20,23H,6-9H2,1H3/p+1/t12-,16-,19?/m0/s1. The molecule has 23 heavy (non-hydrogen) atoms. The number of anilines is 1. The number of phenols is 1. The van der Waals surface area contributed by atoms with Crippen molar-refractivity contribution in [2.24, 2.45) is 5.92 Å². The fourth-order valence-electron chi connectivity index (χ4n) is 5.72. The van der Waals surface area contributed by atoms with E-state index in [9.17, 15) is 9.90 Å². The van der Waals surface area contributed by atoms with Crippen molar-refractivity contribution in [3.63, 3.8) is 0 Å². The lowest BCUT2D eigenvalue weighted by Gasteiger charge is -2.45. The van der Waals surface area contributed by atoms with Gasteiger partial charge >= 0.3 is 0 Å². The van der Waals surface area contributed by atoms with Gasteiger partial charge in [-0.3, -0.25) is 4.79 Å². The molecular weight excluding hydrogens is 288 g/mol. The van der Waals surface area contributed by atoms with Gasteiger partial charge in [0.15, 0.2) is 0 Å². The van der Waals surface area contributed by atoms with Crippen LogP contribution in [0.5, 0.6) is 5.75 Å². The summed E-state index contributed by atoms with van der Waals surface area (Å²) in [5.74, 6) is 0.537. The van der Waals surface area contributed by atoms with Gasteiger partial charge in [-0.2, -0.15) is 0 Å². The smallest absolute Gasteiger partial charge is 0.148 e. The highest BCUT2D eigenvalue weighted by Gasteiger charge is 2.64. The fraction of sp³-hybridized carbons (Fsp3) is 0.421. The van der Waals surface area contributed by atoms with Gasteiger partial charge in [-0.05, 0) is 24.1 Å². The molecule has 118 valence electrons. The van der Waals surface area contributed by atoms with Crippen molar-refractivity contribution in [2.45, 2.75) is 31.2 Å². The summed E-state index contributed by atoms with van der Waals surface area (Å²) in [4.78, 5) is 13.6. The number of hydrogen-bond acceptors (Lipinski definition) is 3. The number of benzene rings is 1. The topological polar surface area (TPSA) is 53.8 Å². The van der Waals surface area contributed by atoms with Gasteiger partial charge in [0.05, 0.1) is 24.2 Å². The van der Waals surface area contributed by atoms with E-state index in [1.807, 2.05) is 6.07 Å². The number of para-hydroxylation sites is 1. The molecule has 2 unspecified atom stereocenters. The third kappa shape index (κ3) is 1.39. The lowest BCUT2D eigenvalue weighted by atomic mass is 9.62. The molecule has 0 amide bonds. The Bertz CT molecular complexity index is 795. The van der Waals surface area contributed by atoms with Crippen LogP contribution in [0.3, 0.4) is 0 Å². The SMILES string of the molecule is CC=C1C[NH+]2CCC34C(=C(C=O)[C@H]1C[C@H]23)Nc1c(O)cccc14. The van der Waals surface area contributed by atoms with Crippen LogP contribution < -0.4 is 10.2 Å². The highest BCUT2D eigenvalue weighted by molar-refractivity contribution is 5.85. The molecule has 2 saturated heterocycles. The Balaban J connectivity index is 1.84. The molecule has 0 radical (unpaired) electrons. The normalized spacial score (nSPS) is 38.3. The molecule has 1 aliphatic carbocycles. The van der Waals surface area contributed by atoms with Crippen molar-refractivity contribution < 1.29 is 14.8 Å². The number of rotatable bonds is 1. The Morgan fingerprint density at radius 2 is 2.30 bits per heavy atom. The number of piperidine rings is 1. The van der Waals surface area contributed by atoms with Crippen LogP contribution in [0.15, 0.2) is 41.1 Å². The minimum Gasteiger partial charge on any atom is -0.506 e. The zero-order valence-electron chi connectivity index (χ0n) is 13.2. The van der Waals surface area contributed by atoms with Crippen LogP contribution in [0.4, 0.5) is 5.69 Å². The monoisotopic (exact) mass is 309 g/mol. The maximum Gasteiger partial charge on any atom is 0.148 e. The molecule has 2 bridgehead atoms. The molecule has 1 aromatic rings. The molecule has 5 rings (SSSR count). The first-order chi connectivity index (χ1) is 11.2. The summed E-state index contributed by atoms with van der Waals surface area (Å²) < 4.78 is 0. The molecule has 0 aromatic heterocycles. The number of carbonyl (C=O) groups excluding carboxylic acids is 1. The summed E-state index contributed by atoms with van der Waals surface area (Å²) in [6, 6.07) is 6.29. The van der Waals surface area contributed by atoms with Gasteiger partial charge < -0.3 is 15.3 Å². The number of hydrogen-bond donors (Lipinski definition) is 3. The first kappa shape index (κ1) is 13.4. The lowest BCUT2D eigenvalue weighted by molar-refractivity contribution is -0.914. The molecule has 3 aliphatic heterocycles. The van der Waals surface area contributed by atoms with Crippen LogP contribution in [-0.2, 0) is 10.2 Å². The van der Waals surface area contributed by atoms with E-state index in [2.05, 4.69) is 24.4 Å². The van der Waals surface area contributed by atoms with E-state index in [0.717, 1.165) is 49.2 Å².